The fourth-order valence-corrected chi connectivity index (χ4v) is 4.52. The quantitative estimate of drug-likeness (QED) is 0.378. The number of aromatic nitrogens is 2. The van der Waals surface area contributed by atoms with E-state index in [1.807, 2.05) is 42.5 Å². The van der Waals surface area contributed by atoms with Gasteiger partial charge in [-0.05, 0) is 70.1 Å². The van der Waals surface area contributed by atoms with Gasteiger partial charge in [0.25, 0.3) is 5.56 Å². The summed E-state index contributed by atoms with van der Waals surface area (Å²) in [6, 6.07) is 13.4. The maximum Gasteiger partial charge on any atom is 0.282 e. The summed E-state index contributed by atoms with van der Waals surface area (Å²) in [5.74, 6) is 1.83. The van der Waals surface area contributed by atoms with Crippen LogP contribution in [0.3, 0.4) is 0 Å². The highest BCUT2D eigenvalue weighted by atomic mass is 79.9. The fourth-order valence-electron chi connectivity index (χ4n) is 4.01. The molecule has 1 aliphatic carbocycles. The van der Waals surface area contributed by atoms with Gasteiger partial charge in [-0.15, -0.1) is 0 Å². The van der Waals surface area contributed by atoms with Crippen LogP contribution in [0, 0.1) is 5.41 Å². The van der Waals surface area contributed by atoms with E-state index < -0.39 is 0 Å². The highest BCUT2D eigenvalue weighted by Gasteiger charge is 2.22. The second kappa shape index (κ2) is 9.57. The third-order valence-corrected chi connectivity index (χ3v) is 6.31. The van der Waals surface area contributed by atoms with Gasteiger partial charge >= 0.3 is 0 Å². The third kappa shape index (κ3) is 5.29. The van der Waals surface area contributed by atoms with E-state index >= 15 is 0 Å². The lowest BCUT2D eigenvalue weighted by atomic mass is 9.88. The first kappa shape index (κ1) is 22.7. The van der Waals surface area contributed by atoms with Crippen LogP contribution in [0.4, 0.5) is 0 Å². The first-order valence-corrected chi connectivity index (χ1v) is 12.1. The van der Waals surface area contributed by atoms with Gasteiger partial charge in [0.15, 0.2) is 0 Å². The van der Waals surface area contributed by atoms with Crippen LogP contribution in [0.1, 0.15) is 70.2 Å². The first-order chi connectivity index (χ1) is 15.3. The minimum Gasteiger partial charge on any atom is -0.492 e. The maximum atomic E-state index is 13.3. The van der Waals surface area contributed by atoms with E-state index in [4.69, 9.17) is 9.72 Å². The summed E-state index contributed by atoms with van der Waals surface area (Å²) in [6.07, 6.45) is 7.40. The van der Waals surface area contributed by atoms with Crippen molar-refractivity contribution in [3.8, 4) is 5.75 Å². The summed E-state index contributed by atoms with van der Waals surface area (Å²) in [4.78, 5) is 18.2. The van der Waals surface area contributed by atoms with E-state index in [1.165, 1.54) is 23.9 Å². The Morgan fingerprint density at radius 2 is 1.91 bits per heavy atom. The van der Waals surface area contributed by atoms with Crippen LogP contribution in [-0.2, 0) is 0 Å². The van der Waals surface area contributed by atoms with Gasteiger partial charge in [-0.2, -0.15) is 9.78 Å². The largest absolute Gasteiger partial charge is 0.492 e. The van der Waals surface area contributed by atoms with Gasteiger partial charge in [-0.3, -0.25) is 4.79 Å². The molecule has 6 heteroatoms. The predicted molar refractivity (Wildman–Crippen MR) is 134 cm³/mol. The average Bonchev–Trinajstić information content (AvgIpc) is 2.78. The molecule has 4 rings (SSSR count). The van der Waals surface area contributed by atoms with Crippen LogP contribution in [-0.4, -0.2) is 22.5 Å². The number of benzene rings is 2. The van der Waals surface area contributed by atoms with Crippen LogP contribution >= 0.6 is 15.9 Å². The molecular weight excluding hydrogens is 466 g/mol. The SMILES string of the molecule is CC(C)(C)COc1ccc(C=Nn2c(C3CCCCC3)nc3ccccc3c2=O)cc1Br. The van der Waals surface area contributed by atoms with Crippen molar-refractivity contribution in [2.24, 2.45) is 10.5 Å². The molecule has 3 aromatic rings. The predicted octanol–water partition coefficient (Wildman–Crippen LogP) is 6.51. The summed E-state index contributed by atoms with van der Waals surface area (Å²) in [6.45, 7) is 7.05. The van der Waals surface area contributed by atoms with E-state index in [-0.39, 0.29) is 16.9 Å². The molecule has 32 heavy (non-hydrogen) atoms. The Hall–Kier alpha value is -2.47. The smallest absolute Gasteiger partial charge is 0.282 e. The van der Waals surface area contributed by atoms with E-state index in [0.717, 1.165) is 40.0 Å². The molecule has 0 radical (unpaired) electrons. The van der Waals surface area contributed by atoms with Gasteiger partial charge in [-0.25, -0.2) is 4.98 Å². The molecule has 0 N–H and O–H groups in total. The molecule has 1 saturated carbocycles. The van der Waals surface area contributed by atoms with Crippen molar-refractivity contribution in [1.29, 1.82) is 0 Å². The number of halogens is 1. The number of ether oxygens (including phenoxy) is 1. The zero-order chi connectivity index (χ0) is 22.7. The zero-order valence-corrected chi connectivity index (χ0v) is 20.6. The second-order valence-electron chi connectivity index (χ2n) is 9.72. The van der Waals surface area contributed by atoms with Gasteiger partial charge < -0.3 is 4.74 Å². The Balaban J connectivity index is 1.68. The summed E-state index contributed by atoms with van der Waals surface area (Å²) in [7, 11) is 0. The van der Waals surface area contributed by atoms with E-state index in [2.05, 4.69) is 41.8 Å². The standard InChI is InChI=1S/C26H30BrN3O2/c1-26(2,3)17-32-23-14-13-18(15-21(23)27)16-28-30-24(19-9-5-4-6-10-19)29-22-12-8-7-11-20(22)25(30)31/h7-8,11-16,19H,4-6,9-10,17H2,1-3H3. The van der Waals surface area contributed by atoms with Crippen molar-refractivity contribution >= 4 is 33.0 Å². The molecule has 2 aromatic carbocycles. The van der Waals surface area contributed by atoms with Crippen molar-refractivity contribution in [1.82, 2.24) is 9.66 Å². The fraction of sp³-hybridized carbons (Fsp3) is 0.423. The molecule has 0 spiro atoms. The van der Waals surface area contributed by atoms with E-state index in [9.17, 15) is 4.79 Å². The molecule has 0 amide bonds. The molecule has 1 aliphatic rings. The molecular formula is C26H30BrN3O2. The third-order valence-electron chi connectivity index (χ3n) is 5.69. The molecule has 1 heterocycles. The summed E-state index contributed by atoms with van der Waals surface area (Å²) < 4.78 is 8.30. The number of hydrogen-bond donors (Lipinski definition) is 0. The lowest BCUT2D eigenvalue weighted by molar-refractivity contribution is 0.197. The number of hydrogen-bond acceptors (Lipinski definition) is 4. The van der Waals surface area contributed by atoms with E-state index in [1.54, 1.807) is 6.21 Å². The van der Waals surface area contributed by atoms with Gasteiger partial charge in [0.1, 0.15) is 11.6 Å². The molecule has 1 aromatic heterocycles. The molecule has 1 fully saturated rings. The monoisotopic (exact) mass is 495 g/mol. The van der Waals surface area contributed by atoms with Gasteiger partial charge in [0.2, 0.25) is 0 Å². The summed E-state index contributed by atoms with van der Waals surface area (Å²) in [5, 5.41) is 5.21. The second-order valence-corrected chi connectivity index (χ2v) is 10.6. The van der Waals surface area contributed by atoms with Crippen molar-refractivity contribution < 1.29 is 4.74 Å². The lowest BCUT2D eigenvalue weighted by Crippen LogP contribution is -2.25. The highest BCUT2D eigenvalue weighted by molar-refractivity contribution is 9.10. The topological polar surface area (TPSA) is 56.5 Å². The molecule has 0 bridgehead atoms. The minimum absolute atomic E-state index is 0.0827. The minimum atomic E-state index is -0.114. The Bertz CT molecular complexity index is 1190. The molecule has 0 atom stereocenters. The summed E-state index contributed by atoms with van der Waals surface area (Å²) >= 11 is 3.60. The van der Waals surface area contributed by atoms with Crippen molar-refractivity contribution in [3.05, 3.63) is 68.7 Å². The Kier molecular flexibility index (Phi) is 6.79. The first-order valence-electron chi connectivity index (χ1n) is 11.3. The number of rotatable bonds is 5. The van der Waals surface area contributed by atoms with Crippen LogP contribution < -0.4 is 10.3 Å². The average molecular weight is 496 g/mol. The van der Waals surface area contributed by atoms with E-state index in [0.29, 0.717) is 12.0 Å². The summed E-state index contributed by atoms with van der Waals surface area (Å²) in [5.41, 5.74) is 1.60. The van der Waals surface area contributed by atoms with Crippen LogP contribution in [0.25, 0.3) is 10.9 Å². The van der Waals surface area contributed by atoms with Crippen molar-refractivity contribution in [2.75, 3.05) is 6.61 Å². The maximum absolute atomic E-state index is 13.3. The van der Waals surface area contributed by atoms with Gasteiger partial charge in [-0.1, -0.05) is 52.2 Å². The Morgan fingerprint density at radius 1 is 1.16 bits per heavy atom. The highest BCUT2D eigenvalue weighted by Crippen LogP contribution is 2.32. The van der Waals surface area contributed by atoms with Crippen molar-refractivity contribution in [3.63, 3.8) is 0 Å². The number of nitrogens with zero attached hydrogens (tertiary/aromatic N) is 3. The lowest BCUT2D eigenvalue weighted by Gasteiger charge is -2.22. The Labute approximate surface area is 197 Å². The van der Waals surface area contributed by atoms with Crippen LogP contribution in [0.2, 0.25) is 0 Å². The van der Waals surface area contributed by atoms with Crippen molar-refractivity contribution in [2.45, 2.75) is 58.8 Å². The molecule has 0 aliphatic heterocycles. The number of fused-ring (bicyclic) bond motifs is 1. The van der Waals surface area contributed by atoms with Crippen LogP contribution in [0.5, 0.6) is 5.75 Å². The molecule has 0 unspecified atom stereocenters. The molecule has 0 saturated heterocycles. The normalized spacial score (nSPS) is 15.5. The Morgan fingerprint density at radius 3 is 2.62 bits per heavy atom. The zero-order valence-electron chi connectivity index (χ0n) is 19.0. The molecule has 5 nitrogen and oxygen atoms in total. The van der Waals surface area contributed by atoms with Gasteiger partial charge in [0.05, 0.1) is 28.2 Å². The van der Waals surface area contributed by atoms with Crippen LogP contribution in [0.15, 0.2) is 56.8 Å². The molecule has 168 valence electrons. The number of para-hydroxylation sites is 1. The van der Waals surface area contributed by atoms with Gasteiger partial charge in [0, 0.05) is 5.92 Å².